The van der Waals surface area contributed by atoms with Gasteiger partial charge in [0, 0.05) is 49.4 Å². The van der Waals surface area contributed by atoms with Crippen molar-refractivity contribution in [3.05, 3.63) is 83.9 Å². The molecule has 1 saturated heterocycles. The second kappa shape index (κ2) is 12.8. The third-order valence-electron chi connectivity index (χ3n) is 7.68. The minimum atomic E-state index is -0.658. The van der Waals surface area contributed by atoms with Crippen LogP contribution in [0.5, 0.6) is 0 Å². The van der Waals surface area contributed by atoms with E-state index in [1.807, 2.05) is 77.7 Å². The molecule has 5 N–H and O–H groups in total. The lowest BCUT2D eigenvalue weighted by Gasteiger charge is -2.28. The molecule has 4 amide bonds. The molecule has 0 saturated carbocycles. The van der Waals surface area contributed by atoms with E-state index < -0.39 is 11.6 Å². The number of hydrogen-bond donors (Lipinski definition) is 4. The van der Waals surface area contributed by atoms with Gasteiger partial charge in [0.15, 0.2) is 0 Å². The molecule has 0 radical (unpaired) electrons. The van der Waals surface area contributed by atoms with Crippen LogP contribution in [0.15, 0.2) is 72.8 Å². The van der Waals surface area contributed by atoms with Gasteiger partial charge >= 0.3 is 6.03 Å². The Balaban J connectivity index is 1.34. The van der Waals surface area contributed by atoms with E-state index in [2.05, 4.69) is 16.0 Å². The quantitative estimate of drug-likeness (QED) is 0.345. The Hall–Kier alpha value is -4.21. The number of carbonyl (C=O) groups is 3. The van der Waals surface area contributed by atoms with Gasteiger partial charge in [-0.15, -0.1) is 0 Å². The monoisotopic (exact) mass is 568 g/mol. The highest BCUT2D eigenvalue weighted by atomic mass is 16.2. The standard InChI is InChI=1S/C33H40N6O3/c1-33(2,34)21-30(40)36-28-16-15-25-7-3-6-10-29(25)39(31(28)41)22-23-11-13-24(14-12-23)26-8-4-5-9-27(26)37-32(42)38-19-17-35-18-20-38/h3-14,28,35H,15-22,34H2,1-2H3,(H,36,40)(H,37,42)/t28-/m1/s1. The van der Waals surface area contributed by atoms with E-state index in [9.17, 15) is 14.4 Å². The SMILES string of the molecule is CC(C)(N)CC(=O)N[C@@H]1CCc2ccccc2N(Cc2ccc(-c3ccccc3NC(=O)N3CCNCC3)cc2)C1=O. The first-order chi connectivity index (χ1) is 20.2. The molecule has 0 aliphatic carbocycles. The highest BCUT2D eigenvalue weighted by Crippen LogP contribution is 2.31. The molecular formula is C33H40N6O3. The van der Waals surface area contributed by atoms with Crippen LogP contribution in [0.2, 0.25) is 0 Å². The summed E-state index contributed by atoms with van der Waals surface area (Å²) < 4.78 is 0. The molecule has 0 aromatic heterocycles. The van der Waals surface area contributed by atoms with Gasteiger partial charge in [0.1, 0.15) is 6.04 Å². The molecule has 0 bridgehead atoms. The van der Waals surface area contributed by atoms with Gasteiger partial charge in [0.25, 0.3) is 0 Å². The van der Waals surface area contributed by atoms with Crippen LogP contribution in [0, 0.1) is 0 Å². The number of benzene rings is 3. The molecule has 2 heterocycles. The fourth-order valence-corrected chi connectivity index (χ4v) is 5.55. The van der Waals surface area contributed by atoms with Crippen molar-refractivity contribution in [1.29, 1.82) is 0 Å². The largest absolute Gasteiger partial charge is 0.344 e. The molecule has 3 aromatic carbocycles. The number of rotatable bonds is 7. The van der Waals surface area contributed by atoms with E-state index >= 15 is 0 Å². The van der Waals surface area contributed by atoms with Crippen molar-refractivity contribution in [2.45, 2.75) is 51.2 Å². The number of nitrogens with two attached hydrogens (primary N) is 1. The van der Waals surface area contributed by atoms with Crippen LogP contribution in [-0.2, 0) is 22.6 Å². The van der Waals surface area contributed by atoms with Crippen LogP contribution in [0.3, 0.4) is 0 Å². The summed E-state index contributed by atoms with van der Waals surface area (Å²) >= 11 is 0. The number of nitrogens with zero attached hydrogens (tertiary/aromatic N) is 2. The lowest BCUT2D eigenvalue weighted by Crippen LogP contribution is -2.49. The Morgan fingerprint density at radius 3 is 2.40 bits per heavy atom. The molecule has 2 aliphatic rings. The molecule has 2 aliphatic heterocycles. The molecule has 5 rings (SSSR count). The third kappa shape index (κ3) is 7.16. The summed E-state index contributed by atoms with van der Waals surface area (Å²) in [6, 6.07) is 23.0. The highest BCUT2D eigenvalue weighted by molar-refractivity contribution is 6.00. The zero-order valence-corrected chi connectivity index (χ0v) is 24.4. The molecule has 220 valence electrons. The number of para-hydroxylation sites is 2. The van der Waals surface area contributed by atoms with Crippen molar-refractivity contribution in [1.82, 2.24) is 15.5 Å². The van der Waals surface area contributed by atoms with Crippen LogP contribution >= 0.6 is 0 Å². The zero-order valence-electron chi connectivity index (χ0n) is 24.4. The molecule has 9 heteroatoms. The molecule has 3 aromatic rings. The van der Waals surface area contributed by atoms with Gasteiger partial charge in [-0.3, -0.25) is 9.59 Å². The topological polar surface area (TPSA) is 120 Å². The lowest BCUT2D eigenvalue weighted by molar-refractivity contribution is -0.128. The average molecular weight is 569 g/mol. The van der Waals surface area contributed by atoms with E-state index in [1.54, 1.807) is 18.7 Å². The Morgan fingerprint density at radius 2 is 1.67 bits per heavy atom. The summed E-state index contributed by atoms with van der Waals surface area (Å²) in [5, 5.41) is 9.29. The summed E-state index contributed by atoms with van der Waals surface area (Å²) in [6.07, 6.45) is 1.35. The molecule has 1 atom stereocenters. The lowest BCUT2D eigenvalue weighted by atomic mass is 10.0. The fourth-order valence-electron chi connectivity index (χ4n) is 5.55. The maximum absolute atomic E-state index is 13.8. The first-order valence-electron chi connectivity index (χ1n) is 14.6. The number of urea groups is 1. The smallest absolute Gasteiger partial charge is 0.321 e. The van der Waals surface area contributed by atoms with Crippen molar-refractivity contribution in [3.63, 3.8) is 0 Å². The second-order valence-corrected chi connectivity index (χ2v) is 11.8. The number of nitrogens with one attached hydrogen (secondary N) is 3. The number of carbonyl (C=O) groups excluding carboxylic acids is 3. The number of fused-ring (bicyclic) bond motifs is 1. The van der Waals surface area contributed by atoms with Crippen LogP contribution in [0.25, 0.3) is 11.1 Å². The van der Waals surface area contributed by atoms with Crippen molar-refractivity contribution in [2.75, 3.05) is 36.4 Å². The van der Waals surface area contributed by atoms with Gasteiger partial charge in [-0.25, -0.2) is 4.79 Å². The summed E-state index contributed by atoms with van der Waals surface area (Å²) in [6.45, 7) is 6.90. The van der Waals surface area contributed by atoms with E-state index in [0.29, 0.717) is 32.5 Å². The zero-order chi connectivity index (χ0) is 29.7. The number of piperazine rings is 1. The maximum atomic E-state index is 13.8. The van der Waals surface area contributed by atoms with Crippen LogP contribution in [-0.4, -0.2) is 60.5 Å². The summed E-state index contributed by atoms with van der Waals surface area (Å²) in [5.74, 6) is -0.355. The molecule has 0 unspecified atom stereocenters. The molecule has 9 nitrogen and oxygen atoms in total. The van der Waals surface area contributed by atoms with Crippen molar-refractivity contribution in [2.24, 2.45) is 5.73 Å². The first-order valence-corrected chi connectivity index (χ1v) is 14.6. The minimum Gasteiger partial charge on any atom is -0.344 e. The average Bonchev–Trinajstić information content (AvgIpc) is 3.10. The molecule has 1 fully saturated rings. The Morgan fingerprint density at radius 1 is 0.976 bits per heavy atom. The minimum absolute atomic E-state index is 0.101. The van der Waals surface area contributed by atoms with Crippen LogP contribution in [0.4, 0.5) is 16.2 Å². The van der Waals surface area contributed by atoms with Gasteiger partial charge in [-0.05, 0) is 55.5 Å². The number of anilines is 2. The maximum Gasteiger partial charge on any atom is 0.321 e. The molecule has 0 spiro atoms. The number of aryl methyl sites for hydroxylation is 1. The van der Waals surface area contributed by atoms with Crippen molar-refractivity contribution >= 4 is 29.2 Å². The molecule has 42 heavy (non-hydrogen) atoms. The summed E-state index contributed by atoms with van der Waals surface area (Å²) in [5.41, 5.74) is 10.9. The van der Waals surface area contributed by atoms with Crippen LogP contribution < -0.4 is 26.6 Å². The van der Waals surface area contributed by atoms with Gasteiger partial charge in [-0.1, -0.05) is 60.7 Å². The second-order valence-electron chi connectivity index (χ2n) is 11.8. The third-order valence-corrected chi connectivity index (χ3v) is 7.68. The van der Waals surface area contributed by atoms with Crippen LogP contribution in [0.1, 0.15) is 37.8 Å². The van der Waals surface area contributed by atoms with E-state index in [4.69, 9.17) is 5.73 Å². The van der Waals surface area contributed by atoms with Gasteiger partial charge in [-0.2, -0.15) is 0 Å². The first kappa shape index (κ1) is 29.3. The van der Waals surface area contributed by atoms with Crippen molar-refractivity contribution in [3.8, 4) is 11.1 Å². The van der Waals surface area contributed by atoms with E-state index in [0.717, 1.165) is 46.7 Å². The number of amides is 4. The van der Waals surface area contributed by atoms with Gasteiger partial charge in [0.05, 0.1) is 12.2 Å². The summed E-state index contributed by atoms with van der Waals surface area (Å²) in [7, 11) is 0. The molecular weight excluding hydrogens is 528 g/mol. The Labute approximate surface area is 247 Å². The highest BCUT2D eigenvalue weighted by Gasteiger charge is 2.32. The van der Waals surface area contributed by atoms with Gasteiger partial charge in [0.2, 0.25) is 11.8 Å². The predicted octanol–water partition coefficient (Wildman–Crippen LogP) is 3.88. The summed E-state index contributed by atoms with van der Waals surface area (Å²) in [4.78, 5) is 43.0. The normalized spacial score (nSPS) is 17.3. The predicted molar refractivity (Wildman–Crippen MR) is 166 cm³/mol. The number of hydrogen-bond acceptors (Lipinski definition) is 5. The Kier molecular flexibility index (Phi) is 8.89. The van der Waals surface area contributed by atoms with E-state index in [-0.39, 0.29) is 24.3 Å². The Bertz CT molecular complexity index is 1430. The van der Waals surface area contributed by atoms with E-state index in [1.165, 1.54) is 0 Å². The van der Waals surface area contributed by atoms with Gasteiger partial charge < -0.3 is 31.5 Å². The van der Waals surface area contributed by atoms with Crippen molar-refractivity contribution < 1.29 is 14.4 Å². The fraction of sp³-hybridized carbons (Fsp3) is 0.364.